The van der Waals surface area contributed by atoms with Gasteiger partial charge in [0.2, 0.25) is 0 Å². The lowest BCUT2D eigenvalue weighted by Crippen LogP contribution is -2.50. The van der Waals surface area contributed by atoms with E-state index in [1.807, 2.05) is 36.4 Å². The summed E-state index contributed by atoms with van der Waals surface area (Å²) in [6, 6.07) is 11.8. The minimum atomic E-state index is -0.717. The van der Waals surface area contributed by atoms with Crippen LogP contribution in [0.15, 0.2) is 40.9 Å². The predicted octanol–water partition coefficient (Wildman–Crippen LogP) is 2.49. The minimum absolute atomic E-state index is 0.235. The molecule has 2 aromatic rings. The topological polar surface area (TPSA) is 66.6 Å². The lowest BCUT2D eigenvalue weighted by molar-refractivity contribution is -0.145. The fraction of sp³-hybridized carbons (Fsp3) is 0.375. The Bertz CT molecular complexity index is 617. The van der Waals surface area contributed by atoms with Crippen LogP contribution in [0.1, 0.15) is 12.7 Å². The van der Waals surface area contributed by atoms with Gasteiger partial charge in [-0.3, -0.25) is 9.69 Å². The highest BCUT2D eigenvalue weighted by molar-refractivity contribution is 5.70. The molecule has 0 amide bonds. The smallest absolute Gasteiger partial charge is 0.306 e. The maximum absolute atomic E-state index is 10.9. The second-order valence-corrected chi connectivity index (χ2v) is 5.63. The van der Waals surface area contributed by atoms with E-state index in [0.717, 1.165) is 30.1 Å². The first kappa shape index (κ1) is 13.8. The second-order valence-electron chi connectivity index (χ2n) is 5.63. The maximum atomic E-state index is 10.9. The average Bonchev–Trinajstić information content (AvgIpc) is 2.91. The fourth-order valence-electron chi connectivity index (χ4n) is 2.61. The Morgan fingerprint density at radius 2 is 2.14 bits per heavy atom. The van der Waals surface area contributed by atoms with E-state index in [1.165, 1.54) is 0 Å². The highest BCUT2D eigenvalue weighted by Gasteiger charge is 2.34. The number of carboxylic acids is 1. The molecule has 0 radical (unpaired) electrons. The zero-order valence-corrected chi connectivity index (χ0v) is 11.9. The van der Waals surface area contributed by atoms with Crippen molar-refractivity contribution in [2.75, 3.05) is 13.1 Å². The number of carbonyl (C=O) groups is 1. The molecule has 1 fully saturated rings. The SMILES string of the molecule is CC(C(=O)O)C1CN(Cc2cc(-c3ccccc3)no2)C1. The van der Waals surface area contributed by atoms with E-state index in [9.17, 15) is 4.79 Å². The van der Waals surface area contributed by atoms with Crippen molar-refractivity contribution >= 4 is 5.97 Å². The van der Waals surface area contributed by atoms with Crippen molar-refractivity contribution in [3.05, 3.63) is 42.2 Å². The summed E-state index contributed by atoms with van der Waals surface area (Å²) >= 11 is 0. The summed E-state index contributed by atoms with van der Waals surface area (Å²) in [5.74, 6) is 0.0517. The molecular weight excluding hydrogens is 268 g/mol. The van der Waals surface area contributed by atoms with E-state index in [4.69, 9.17) is 9.63 Å². The van der Waals surface area contributed by atoms with Crippen LogP contribution >= 0.6 is 0 Å². The van der Waals surface area contributed by atoms with Crippen LogP contribution in [0.25, 0.3) is 11.3 Å². The third kappa shape index (κ3) is 2.97. The van der Waals surface area contributed by atoms with Gasteiger partial charge in [0.05, 0.1) is 12.5 Å². The number of aromatic nitrogens is 1. The third-order valence-electron chi connectivity index (χ3n) is 4.09. The van der Waals surface area contributed by atoms with Crippen LogP contribution in [0.3, 0.4) is 0 Å². The van der Waals surface area contributed by atoms with Gasteiger partial charge in [0.1, 0.15) is 5.69 Å². The highest BCUT2D eigenvalue weighted by Crippen LogP contribution is 2.26. The lowest BCUT2D eigenvalue weighted by Gasteiger charge is -2.40. The highest BCUT2D eigenvalue weighted by atomic mass is 16.5. The average molecular weight is 286 g/mol. The summed E-state index contributed by atoms with van der Waals surface area (Å²) in [6.45, 7) is 4.05. The number of nitrogens with zero attached hydrogens (tertiary/aromatic N) is 2. The van der Waals surface area contributed by atoms with E-state index < -0.39 is 5.97 Å². The Kier molecular flexibility index (Phi) is 3.75. The van der Waals surface area contributed by atoms with Gasteiger partial charge in [0.25, 0.3) is 0 Å². The van der Waals surface area contributed by atoms with Crippen molar-refractivity contribution in [1.29, 1.82) is 0 Å². The van der Waals surface area contributed by atoms with Crippen LogP contribution in [0, 0.1) is 11.8 Å². The van der Waals surface area contributed by atoms with Crippen LogP contribution in [0.2, 0.25) is 0 Å². The van der Waals surface area contributed by atoms with Crippen LogP contribution in [-0.4, -0.2) is 34.2 Å². The third-order valence-corrected chi connectivity index (χ3v) is 4.09. The van der Waals surface area contributed by atoms with Crippen molar-refractivity contribution in [2.45, 2.75) is 13.5 Å². The number of likely N-dealkylation sites (tertiary alicyclic amines) is 1. The van der Waals surface area contributed by atoms with Crippen molar-refractivity contribution in [2.24, 2.45) is 11.8 Å². The molecule has 5 heteroatoms. The van der Waals surface area contributed by atoms with Gasteiger partial charge in [-0.05, 0) is 5.92 Å². The zero-order valence-electron chi connectivity index (χ0n) is 11.9. The van der Waals surface area contributed by atoms with Crippen molar-refractivity contribution in [3.63, 3.8) is 0 Å². The molecule has 21 heavy (non-hydrogen) atoms. The first-order chi connectivity index (χ1) is 10.1. The van der Waals surface area contributed by atoms with E-state index in [1.54, 1.807) is 6.92 Å². The molecule has 1 N–H and O–H groups in total. The Morgan fingerprint density at radius 3 is 2.81 bits per heavy atom. The number of aliphatic carboxylic acids is 1. The molecule has 1 saturated heterocycles. The Morgan fingerprint density at radius 1 is 1.43 bits per heavy atom. The first-order valence-electron chi connectivity index (χ1n) is 7.09. The molecule has 0 saturated carbocycles. The minimum Gasteiger partial charge on any atom is -0.481 e. The van der Waals surface area contributed by atoms with Crippen molar-refractivity contribution in [3.8, 4) is 11.3 Å². The number of carboxylic acid groups (broad SMARTS) is 1. The molecule has 110 valence electrons. The maximum Gasteiger partial charge on any atom is 0.306 e. The largest absolute Gasteiger partial charge is 0.481 e. The van der Waals surface area contributed by atoms with Gasteiger partial charge < -0.3 is 9.63 Å². The number of hydrogen-bond donors (Lipinski definition) is 1. The Hall–Kier alpha value is -2.14. The zero-order chi connectivity index (χ0) is 14.8. The molecular formula is C16H18N2O3. The van der Waals surface area contributed by atoms with Crippen LogP contribution in [-0.2, 0) is 11.3 Å². The second kappa shape index (κ2) is 5.69. The summed E-state index contributed by atoms with van der Waals surface area (Å²) in [5, 5.41) is 13.1. The van der Waals surface area contributed by atoms with Crippen molar-refractivity contribution < 1.29 is 14.4 Å². The summed E-state index contributed by atoms with van der Waals surface area (Å²) < 4.78 is 5.36. The molecule has 1 aliphatic rings. The van der Waals surface area contributed by atoms with Crippen LogP contribution in [0.5, 0.6) is 0 Å². The van der Waals surface area contributed by atoms with Gasteiger partial charge in [0, 0.05) is 24.7 Å². The van der Waals surface area contributed by atoms with Gasteiger partial charge in [-0.25, -0.2) is 0 Å². The number of benzene rings is 1. The standard InChI is InChI=1S/C16H18N2O3/c1-11(16(19)20)13-8-18(9-13)10-14-7-15(17-21-14)12-5-3-2-4-6-12/h2-7,11,13H,8-10H2,1H3,(H,19,20). The van der Waals surface area contributed by atoms with Gasteiger partial charge in [-0.1, -0.05) is 42.4 Å². The van der Waals surface area contributed by atoms with Crippen LogP contribution in [0.4, 0.5) is 0 Å². The van der Waals surface area contributed by atoms with E-state index in [0.29, 0.717) is 6.54 Å². The molecule has 3 rings (SSSR count). The first-order valence-corrected chi connectivity index (χ1v) is 7.09. The molecule has 1 aliphatic heterocycles. The summed E-state index contributed by atoms with van der Waals surface area (Å²) in [4.78, 5) is 13.1. The quantitative estimate of drug-likeness (QED) is 0.914. The number of hydrogen-bond acceptors (Lipinski definition) is 4. The lowest BCUT2D eigenvalue weighted by atomic mass is 9.87. The molecule has 1 atom stereocenters. The molecule has 0 bridgehead atoms. The Labute approximate surface area is 123 Å². The normalized spacial score (nSPS) is 17.4. The summed E-state index contributed by atoms with van der Waals surface area (Å²) in [5.41, 5.74) is 1.87. The molecule has 1 aromatic carbocycles. The Balaban J connectivity index is 1.56. The summed E-state index contributed by atoms with van der Waals surface area (Å²) in [7, 11) is 0. The summed E-state index contributed by atoms with van der Waals surface area (Å²) in [6.07, 6.45) is 0. The molecule has 1 aromatic heterocycles. The van der Waals surface area contributed by atoms with Gasteiger partial charge in [-0.2, -0.15) is 0 Å². The predicted molar refractivity (Wildman–Crippen MR) is 77.5 cm³/mol. The van der Waals surface area contributed by atoms with E-state index >= 15 is 0 Å². The molecule has 1 unspecified atom stereocenters. The van der Waals surface area contributed by atoms with Gasteiger partial charge in [0.15, 0.2) is 5.76 Å². The van der Waals surface area contributed by atoms with Gasteiger partial charge in [-0.15, -0.1) is 0 Å². The van der Waals surface area contributed by atoms with Crippen molar-refractivity contribution in [1.82, 2.24) is 10.1 Å². The molecule has 0 spiro atoms. The molecule has 0 aliphatic carbocycles. The van der Waals surface area contributed by atoms with Gasteiger partial charge >= 0.3 is 5.97 Å². The van der Waals surface area contributed by atoms with E-state index in [-0.39, 0.29) is 11.8 Å². The molecule has 2 heterocycles. The molecule has 5 nitrogen and oxygen atoms in total. The number of rotatable bonds is 5. The van der Waals surface area contributed by atoms with Crippen LogP contribution < -0.4 is 0 Å². The monoisotopic (exact) mass is 286 g/mol. The van der Waals surface area contributed by atoms with E-state index in [2.05, 4.69) is 10.1 Å². The fourth-order valence-corrected chi connectivity index (χ4v) is 2.61.